The Morgan fingerprint density at radius 1 is 1.23 bits per heavy atom. The van der Waals surface area contributed by atoms with Crippen molar-refractivity contribution in [2.45, 2.75) is 85.0 Å². The molecule has 1 atom stereocenters. The van der Waals surface area contributed by atoms with Crippen LogP contribution in [0.25, 0.3) is 0 Å². The number of amides is 1. The second-order valence-corrected chi connectivity index (χ2v) is 11.5. The van der Waals surface area contributed by atoms with Crippen molar-refractivity contribution >= 4 is 23.5 Å². The number of fused-ring (bicyclic) bond motifs is 1. The molecule has 1 heterocycles. The normalized spacial score (nSPS) is 23.4. The SMILES string of the molecule is CC(C)(C)CCc1ccc([C@@]23CCCC(C)(C)C2=CN(CCC(=O)O)C(=O)C3)cc1Cl. The first kappa shape index (κ1) is 23.8. The molecular weight excluding hydrogens is 410 g/mol. The molecule has 0 radical (unpaired) electrons. The maximum Gasteiger partial charge on any atom is 0.305 e. The molecule has 1 fully saturated rings. The van der Waals surface area contributed by atoms with Crippen molar-refractivity contribution < 1.29 is 14.7 Å². The summed E-state index contributed by atoms with van der Waals surface area (Å²) in [6.07, 6.45) is 7.30. The number of nitrogens with zero attached hydrogens (tertiary/aromatic N) is 1. The summed E-state index contributed by atoms with van der Waals surface area (Å²) < 4.78 is 0. The van der Waals surface area contributed by atoms with E-state index in [0.29, 0.717) is 6.42 Å². The fourth-order valence-electron chi connectivity index (χ4n) is 5.18. The number of aryl methyl sites for hydroxylation is 1. The van der Waals surface area contributed by atoms with E-state index in [4.69, 9.17) is 16.7 Å². The Morgan fingerprint density at radius 3 is 2.55 bits per heavy atom. The summed E-state index contributed by atoms with van der Waals surface area (Å²) in [5, 5.41) is 9.85. The second kappa shape index (κ2) is 8.61. The highest BCUT2D eigenvalue weighted by Gasteiger charge is 2.50. The van der Waals surface area contributed by atoms with Gasteiger partial charge < -0.3 is 10.0 Å². The predicted octanol–water partition coefficient (Wildman–Crippen LogP) is 6.36. The molecule has 0 spiro atoms. The first-order valence-electron chi connectivity index (χ1n) is 11.4. The molecular formula is C26H36ClNO3. The molecule has 1 N–H and O–H groups in total. The molecule has 0 unspecified atom stereocenters. The molecule has 0 bridgehead atoms. The van der Waals surface area contributed by atoms with E-state index in [9.17, 15) is 9.59 Å². The molecule has 0 saturated heterocycles. The number of benzene rings is 1. The van der Waals surface area contributed by atoms with Gasteiger partial charge in [0.1, 0.15) is 0 Å². The first-order chi connectivity index (χ1) is 14.3. The molecule has 1 amide bonds. The summed E-state index contributed by atoms with van der Waals surface area (Å²) in [6, 6.07) is 6.38. The van der Waals surface area contributed by atoms with Gasteiger partial charge in [-0.15, -0.1) is 0 Å². The summed E-state index contributed by atoms with van der Waals surface area (Å²) in [7, 11) is 0. The van der Waals surface area contributed by atoms with Gasteiger partial charge in [0.15, 0.2) is 0 Å². The summed E-state index contributed by atoms with van der Waals surface area (Å²) in [4.78, 5) is 25.7. The zero-order valence-electron chi connectivity index (χ0n) is 19.6. The monoisotopic (exact) mass is 445 g/mol. The molecule has 31 heavy (non-hydrogen) atoms. The third kappa shape index (κ3) is 5.16. The van der Waals surface area contributed by atoms with E-state index in [1.165, 1.54) is 5.57 Å². The summed E-state index contributed by atoms with van der Waals surface area (Å²) >= 11 is 6.75. The minimum absolute atomic E-state index is 0.00404. The van der Waals surface area contributed by atoms with Gasteiger partial charge in [-0.3, -0.25) is 9.59 Å². The van der Waals surface area contributed by atoms with Crippen LogP contribution in [0.3, 0.4) is 0 Å². The van der Waals surface area contributed by atoms with Crippen LogP contribution >= 0.6 is 11.6 Å². The van der Waals surface area contributed by atoms with Gasteiger partial charge in [0.25, 0.3) is 0 Å². The van der Waals surface area contributed by atoms with Gasteiger partial charge in [-0.05, 0) is 59.3 Å². The molecule has 1 aliphatic heterocycles. The van der Waals surface area contributed by atoms with Gasteiger partial charge >= 0.3 is 5.97 Å². The number of halogens is 1. The lowest BCUT2D eigenvalue weighted by Crippen LogP contribution is -2.49. The molecule has 2 aliphatic rings. The molecule has 5 heteroatoms. The van der Waals surface area contributed by atoms with Gasteiger partial charge in [-0.2, -0.15) is 0 Å². The van der Waals surface area contributed by atoms with Crippen LogP contribution in [-0.4, -0.2) is 28.4 Å². The number of aliphatic carboxylic acids is 1. The molecule has 1 aliphatic carbocycles. The van der Waals surface area contributed by atoms with Crippen LogP contribution in [0.4, 0.5) is 0 Å². The Labute approximate surface area is 191 Å². The predicted molar refractivity (Wildman–Crippen MR) is 125 cm³/mol. The van der Waals surface area contributed by atoms with E-state index in [1.807, 2.05) is 6.20 Å². The molecule has 3 rings (SSSR count). The van der Waals surface area contributed by atoms with Gasteiger partial charge in [0, 0.05) is 29.6 Å². The van der Waals surface area contributed by atoms with Crippen LogP contribution in [-0.2, 0) is 21.4 Å². The van der Waals surface area contributed by atoms with Gasteiger partial charge in [-0.1, -0.05) is 64.8 Å². The number of rotatable bonds is 6. The maximum absolute atomic E-state index is 13.1. The highest BCUT2D eigenvalue weighted by atomic mass is 35.5. The summed E-state index contributed by atoms with van der Waals surface area (Å²) in [5.74, 6) is -0.890. The van der Waals surface area contributed by atoms with E-state index in [1.54, 1.807) is 4.90 Å². The van der Waals surface area contributed by atoms with E-state index < -0.39 is 5.97 Å². The third-order valence-electron chi connectivity index (χ3n) is 7.02. The number of allylic oxidation sites excluding steroid dienone is 1. The Balaban J connectivity index is 1.99. The molecule has 170 valence electrons. The van der Waals surface area contributed by atoms with Crippen LogP contribution < -0.4 is 0 Å². The molecule has 1 saturated carbocycles. The van der Waals surface area contributed by atoms with Crippen LogP contribution in [0.1, 0.15) is 84.3 Å². The number of carboxylic acids is 1. The standard InChI is InChI=1S/C26H36ClNO3/c1-24(2,3)13-9-18-7-8-19(15-20(18)27)26-12-6-11-25(4,5)21(26)17-28(22(29)16-26)14-10-23(30)31/h7-8,15,17H,6,9-14,16H2,1-5H3,(H,30,31)/t26-/m0/s1. The lowest BCUT2D eigenvalue weighted by Gasteiger charge is -2.51. The van der Waals surface area contributed by atoms with Crippen molar-refractivity contribution in [1.29, 1.82) is 0 Å². The Bertz CT molecular complexity index is 896. The molecule has 4 nitrogen and oxygen atoms in total. The smallest absolute Gasteiger partial charge is 0.305 e. The summed E-state index contributed by atoms with van der Waals surface area (Å²) in [6.45, 7) is 11.4. The van der Waals surface area contributed by atoms with Crippen LogP contribution in [0.2, 0.25) is 5.02 Å². The number of carbonyl (C=O) groups excluding carboxylic acids is 1. The van der Waals surface area contributed by atoms with Crippen molar-refractivity contribution in [3.05, 3.63) is 46.1 Å². The lowest BCUT2D eigenvalue weighted by molar-refractivity contribution is -0.138. The van der Waals surface area contributed by atoms with Crippen molar-refractivity contribution in [1.82, 2.24) is 4.90 Å². The average Bonchev–Trinajstić information content (AvgIpc) is 2.64. The van der Waals surface area contributed by atoms with E-state index >= 15 is 0 Å². The van der Waals surface area contributed by atoms with E-state index in [-0.39, 0.29) is 35.1 Å². The van der Waals surface area contributed by atoms with Crippen molar-refractivity contribution in [3.63, 3.8) is 0 Å². The van der Waals surface area contributed by atoms with Crippen LogP contribution in [0, 0.1) is 10.8 Å². The fraction of sp³-hybridized carbons (Fsp3) is 0.615. The van der Waals surface area contributed by atoms with E-state index in [2.05, 4.69) is 52.8 Å². The van der Waals surface area contributed by atoms with Crippen LogP contribution in [0.15, 0.2) is 30.0 Å². The highest BCUT2D eigenvalue weighted by molar-refractivity contribution is 6.31. The zero-order chi connectivity index (χ0) is 23.0. The highest BCUT2D eigenvalue weighted by Crippen LogP contribution is 2.56. The Hall–Kier alpha value is -1.81. The van der Waals surface area contributed by atoms with Crippen LogP contribution in [0.5, 0.6) is 0 Å². The Morgan fingerprint density at radius 2 is 1.94 bits per heavy atom. The number of carbonyl (C=O) groups is 2. The largest absolute Gasteiger partial charge is 0.481 e. The number of carboxylic acid groups (broad SMARTS) is 1. The lowest BCUT2D eigenvalue weighted by atomic mass is 9.55. The maximum atomic E-state index is 13.1. The minimum Gasteiger partial charge on any atom is -0.481 e. The molecule has 1 aromatic carbocycles. The third-order valence-corrected chi connectivity index (χ3v) is 7.38. The van der Waals surface area contributed by atoms with Crippen molar-refractivity contribution in [3.8, 4) is 0 Å². The average molecular weight is 446 g/mol. The van der Waals surface area contributed by atoms with Gasteiger partial charge in [0.05, 0.1) is 6.42 Å². The number of hydrogen-bond acceptors (Lipinski definition) is 2. The van der Waals surface area contributed by atoms with E-state index in [0.717, 1.165) is 48.3 Å². The minimum atomic E-state index is -0.886. The topological polar surface area (TPSA) is 57.6 Å². The zero-order valence-corrected chi connectivity index (χ0v) is 20.3. The Kier molecular flexibility index (Phi) is 6.63. The van der Waals surface area contributed by atoms with Gasteiger partial charge in [0.2, 0.25) is 5.91 Å². The number of hydrogen-bond donors (Lipinski definition) is 1. The van der Waals surface area contributed by atoms with Gasteiger partial charge in [-0.25, -0.2) is 0 Å². The first-order valence-corrected chi connectivity index (χ1v) is 11.7. The fourth-order valence-corrected chi connectivity index (χ4v) is 5.46. The van der Waals surface area contributed by atoms with Crippen molar-refractivity contribution in [2.75, 3.05) is 6.54 Å². The second-order valence-electron chi connectivity index (χ2n) is 11.1. The van der Waals surface area contributed by atoms with Crippen molar-refractivity contribution in [2.24, 2.45) is 10.8 Å². The quantitative estimate of drug-likeness (QED) is 0.554. The molecule has 1 aromatic rings. The summed E-state index contributed by atoms with van der Waals surface area (Å²) in [5.41, 5.74) is 3.33. The molecule has 0 aromatic heterocycles.